The molecular weight excluding hydrogens is 296 g/mol. The smallest absolute Gasteiger partial charge is 0.233 e. The monoisotopic (exact) mass is 308 g/mol. The molecule has 1 heterocycles. The normalized spacial score (nSPS) is 10.4. The summed E-state index contributed by atoms with van der Waals surface area (Å²) < 4.78 is 6.39. The molecule has 0 saturated carbocycles. The van der Waals surface area contributed by atoms with E-state index in [0.717, 1.165) is 15.6 Å². The first-order valence-corrected chi connectivity index (χ1v) is 6.19. The molecule has 2 aromatic rings. The summed E-state index contributed by atoms with van der Waals surface area (Å²) >= 11 is 3.41. The van der Waals surface area contributed by atoms with Crippen molar-refractivity contribution < 1.29 is 9.84 Å². The van der Waals surface area contributed by atoms with Gasteiger partial charge in [0.25, 0.3) is 0 Å². The molecule has 1 aromatic carbocycles. The molecule has 0 fully saturated rings. The van der Waals surface area contributed by atoms with Crippen LogP contribution in [0.5, 0.6) is 11.6 Å². The van der Waals surface area contributed by atoms with E-state index in [4.69, 9.17) is 15.6 Å². The maximum Gasteiger partial charge on any atom is 0.233 e. The van der Waals surface area contributed by atoms with Crippen molar-refractivity contribution in [3.63, 3.8) is 0 Å². The number of nitrogens with two attached hydrogens (primary N) is 1. The van der Waals surface area contributed by atoms with Crippen LogP contribution in [0.3, 0.4) is 0 Å². The lowest BCUT2D eigenvalue weighted by atomic mass is 10.2. The molecule has 4 nitrogen and oxygen atoms in total. The van der Waals surface area contributed by atoms with Crippen LogP contribution in [-0.2, 0) is 6.61 Å². The van der Waals surface area contributed by atoms with E-state index in [2.05, 4.69) is 20.9 Å². The van der Waals surface area contributed by atoms with Gasteiger partial charge >= 0.3 is 0 Å². The van der Waals surface area contributed by atoms with E-state index in [-0.39, 0.29) is 6.61 Å². The van der Waals surface area contributed by atoms with E-state index in [1.54, 1.807) is 30.5 Å². The SMILES string of the molecule is Cc1c(N)cnc(Oc2ccc(CO)cc2)c1Br. The van der Waals surface area contributed by atoms with Crippen molar-refractivity contribution in [3.8, 4) is 11.6 Å². The van der Waals surface area contributed by atoms with Crippen molar-refractivity contribution in [2.75, 3.05) is 5.73 Å². The van der Waals surface area contributed by atoms with Crippen LogP contribution in [0.15, 0.2) is 34.9 Å². The number of hydrogen-bond donors (Lipinski definition) is 2. The number of ether oxygens (including phenoxy) is 1. The fourth-order valence-corrected chi connectivity index (χ4v) is 1.83. The Bertz CT molecular complexity index is 556. The van der Waals surface area contributed by atoms with E-state index < -0.39 is 0 Å². The van der Waals surface area contributed by atoms with Crippen LogP contribution in [-0.4, -0.2) is 10.1 Å². The number of pyridine rings is 1. The zero-order valence-electron chi connectivity index (χ0n) is 9.85. The fourth-order valence-electron chi connectivity index (χ4n) is 1.41. The molecule has 0 bridgehead atoms. The predicted octanol–water partition coefficient (Wildman–Crippen LogP) is 3.02. The summed E-state index contributed by atoms with van der Waals surface area (Å²) in [6.07, 6.45) is 1.57. The second-order valence-corrected chi connectivity index (χ2v) is 4.65. The lowest BCUT2D eigenvalue weighted by Gasteiger charge is -2.10. The molecule has 0 aliphatic carbocycles. The van der Waals surface area contributed by atoms with Crippen LogP contribution in [0.4, 0.5) is 5.69 Å². The van der Waals surface area contributed by atoms with Crippen molar-refractivity contribution in [1.82, 2.24) is 4.98 Å². The van der Waals surface area contributed by atoms with Crippen LogP contribution < -0.4 is 10.5 Å². The molecule has 0 unspecified atom stereocenters. The van der Waals surface area contributed by atoms with E-state index in [1.807, 2.05) is 6.92 Å². The molecule has 0 radical (unpaired) electrons. The van der Waals surface area contributed by atoms with Crippen LogP contribution in [0.1, 0.15) is 11.1 Å². The number of anilines is 1. The Morgan fingerprint density at radius 3 is 2.61 bits per heavy atom. The molecule has 94 valence electrons. The molecule has 5 heteroatoms. The lowest BCUT2D eigenvalue weighted by Crippen LogP contribution is -1.96. The predicted molar refractivity (Wildman–Crippen MR) is 73.5 cm³/mol. The maximum atomic E-state index is 8.95. The van der Waals surface area contributed by atoms with Gasteiger partial charge in [0.2, 0.25) is 5.88 Å². The summed E-state index contributed by atoms with van der Waals surface area (Å²) in [6, 6.07) is 7.16. The standard InChI is InChI=1S/C13H13BrN2O2/c1-8-11(15)6-16-13(12(8)14)18-10-4-2-9(7-17)3-5-10/h2-6,17H,7,15H2,1H3. The van der Waals surface area contributed by atoms with Gasteiger partial charge in [-0.05, 0) is 46.1 Å². The first-order chi connectivity index (χ1) is 8.61. The molecule has 0 aliphatic heterocycles. The minimum atomic E-state index is 0.0171. The summed E-state index contributed by atoms with van der Waals surface area (Å²) in [6.45, 7) is 1.91. The van der Waals surface area contributed by atoms with E-state index >= 15 is 0 Å². The van der Waals surface area contributed by atoms with Gasteiger partial charge in [-0.2, -0.15) is 0 Å². The quantitative estimate of drug-likeness (QED) is 0.914. The number of benzene rings is 1. The van der Waals surface area contributed by atoms with Crippen molar-refractivity contribution in [1.29, 1.82) is 0 Å². The number of hydrogen-bond acceptors (Lipinski definition) is 4. The Kier molecular flexibility index (Phi) is 3.84. The van der Waals surface area contributed by atoms with Crippen molar-refractivity contribution in [3.05, 3.63) is 46.1 Å². The highest BCUT2D eigenvalue weighted by atomic mass is 79.9. The summed E-state index contributed by atoms with van der Waals surface area (Å²) in [4.78, 5) is 4.13. The zero-order chi connectivity index (χ0) is 13.1. The first-order valence-electron chi connectivity index (χ1n) is 5.40. The van der Waals surface area contributed by atoms with Crippen molar-refractivity contribution in [2.24, 2.45) is 0 Å². The number of halogens is 1. The summed E-state index contributed by atoms with van der Waals surface area (Å²) in [5.74, 6) is 1.13. The van der Waals surface area contributed by atoms with Crippen LogP contribution in [0, 0.1) is 6.92 Å². The van der Waals surface area contributed by atoms with Gasteiger partial charge in [0.1, 0.15) is 5.75 Å². The van der Waals surface area contributed by atoms with Gasteiger partial charge in [0.05, 0.1) is 23.0 Å². The number of rotatable bonds is 3. The highest BCUT2D eigenvalue weighted by Crippen LogP contribution is 2.32. The number of nitrogens with zero attached hydrogens (tertiary/aromatic N) is 1. The molecule has 1 aromatic heterocycles. The Balaban J connectivity index is 2.25. The molecule has 2 rings (SSSR count). The zero-order valence-corrected chi connectivity index (χ0v) is 11.4. The highest BCUT2D eigenvalue weighted by molar-refractivity contribution is 9.10. The highest BCUT2D eigenvalue weighted by Gasteiger charge is 2.09. The molecule has 0 atom stereocenters. The maximum absolute atomic E-state index is 8.95. The molecule has 0 amide bonds. The van der Waals surface area contributed by atoms with Gasteiger partial charge in [-0.3, -0.25) is 0 Å². The molecule has 0 saturated heterocycles. The third-order valence-corrected chi connectivity index (χ3v) is 3.53. The Hall–Kier alpha value is -1.59. The van der Waals surface area contributed by atoms with E-state index in [0.29, 0.717) is 17.3 Å². The summed E-state index contributed by atoms with van der Waals surface area (Å²) in [5, 5.41) is 8.95. The molecular formula is C13H13BrN2O2. The van der Waals surface area contributed by atoms with Crippen molar-refractivity contribution >= 4 is 21.6 Å². The van der Waals surface area contributed by atoms with Gasteiger partial charge in [0, 0.05) is 0 Å². The first kappa shape index (κ1) is 12.9. The third-order valence-electron chi connectivity index (χ3n) is 2.59. The number of nitrogen functional groups attached to an aromatic ring is 1. The van der Waals surface area contributed by atoms with Crippen LogP contribution in [0.2, 0.25) is 0 Å². The number of aliphatic hydroxyl groups excluding tert-OH is 1. The fraction of sp³-hybridized carbons (Fsp3) is 0.154. The number of aromatic nitrogens is 1. The van der Waals surface area contributed by atoms with E-state index in [1.165, 1.54) is 0 Å². The minimum Gasteiger partial charge on any atom is -0.438 e. The molecule has 0 aliphatic rings. The van der Waals surface area contributed by atoms with Gasteiger partial charge in [-0.1, -0.05) is 12.1 Å². The molecule has 3 N–H and O–H groups in total. The third kappa shape index (κ3) is 2.63. The number of aliphatic hydroxyl groups is 1. The van der Waals surface area contributed by atoms with Gasteiger partial charge in [0.15, 0.2) is 0 Å². The summed E-state index contributed by atoms with van der Waals surface area (Å²) in [7, 11) is 0. The van der Waals surface area contributed by atoms with Crippen LogP contribution >= 0.6 is 15.9 Å². The summed E-state index contributed by atoms with van der Waals surface area (Å²) in [5.41, 5.74) is 8.09. The Morgan fingerprint density at radius 1 is 1.33 bits per heavy atom. The Labute approximate surface area is 114 Å². The second-order valence-electron chi connectivity index (χ2n) is 3.86. The Morgan fingerprint density at radius 2 is 2.00 bits per heavy atom. The topological polar surface area (TPSA) is 68.4 Å². The van der Waals surface area contributed by atoms with Gasteiger partial charge < -0.3 is 15.6 Å². The lowest BCUT2D eigenvalue weighted by molar-refractivity contribution is 0.281. The largest absolute Gasteiger partial charge is 0.438 e. The van der Waals surface area contributed by atoms with Crippen LogP contribution in [0.25, 0.3) is 0 Å². The minimum absolute atomic E-state index is 0.0171. The average Bonchev–Trinajstić information content (AvgIpc) is 2.40. The van der Waals surface area contributed by atoms with Gasteiger partial charge in [-0.15, -0.1) is 0 Å². The van der Waals surface area contributed by atoms with E-state index in [9.17, 15) is 0 Å². The molecule has 18 heavy (non-hydrogen) atoms. The molecule has 0 spiro atoms. The second kappa shape index (κ2) is 5.37. The average molecular weight is 309 g/mol. The van der Waals surface area contributed by atoms with Gasteiger partial charge in [-0.25, -0.2) is 4.98 Å². The van der Waals surface area contributed by atoms with Crippen molar-refractivity contribution in [2.45, 2.75) is 13.5 Å².